The van der Waals surface area contributed by atoms with Crippen LogP contribution in [0.4, 0.5) is 0 Å². The van der Waals surface area contributed by atoms with E-state index in [-0.39, 0.29) is 48.9 Å². The molecule has 2 aliphatic heterocycles. The predicted octanol–water partition coefficient (Wildman–Crippen LogP) is 3.53. The van der Waals surface area contributed by atoms with E-state index in [0.717, 1.165) is 24.8 Å². The van der Waals surface area contributed by atoms with Crippen LogP contribution in [-0.2, 0) is 20.9 Å². The Bertz CT molecular complexity index is 1390. The van der Waals surface area contributed by atoms with E-state index in [1.807, 2.05) is 24.3 Å². The van der Waals surface area contributed by atoms with Gasteiger partial charge in [-0.05, 0) is 74.1 Å². The fourth-order valence-electron chi connectivity index (χ4n) is 7.11. The van der Waals surface area contributed by atoms with E-state index in [1.165, 1.54) is 0 Å². The number of aliphatic hydroxyl groups is 1. The molecule has 47 heavy (non-hydrogen) atoms. The van der Waals surface area contributed by atoms with Gasteiger partial charge in [0.25, 0.3) is 5.91 Å². The van der Waals surface area contributed by atoms with Gasteiger partial charge in [0.15, 0.2) is 0 Å². The maximum absolute atomic E-state index is 14.0. The van der Waals surface area contributed by atoms with Crippen molar-refractivity contribution >= 4 is 36.0 Å². The number of rotatable bonds is 11. The van der Waals surface area contributed by atoms with Crippen LogP contribution in [0.3, 0.4) is 0 Å². The molecule has 2 saturated heterocycles. The minimum Gasteiger partial charge on any atom is -0.457 e. The summed E-state index contributed by atoms with van der Waals surface area (Å²) in [6.07, 6.45) is 6.16. The quantitative estimate of drug-likeness (QED) is 0.287. The molecule has 3 fully saturated rings. The Labute approximate surface area is 283 Å². The Morgan fingerprint density at radius 2 is 1.53 bits per heavy atom. The van der Waals surface area contributed by atoms with Crippen molar-refractivity contribution in [3.63, 3.8) is 0 Å². The molecule has 4 N–H and O–H groups in total. The molecule has 0 unspecified atom stereocenters. The largest absolute Gasteiger partial charge is 0.457 e. The fraction of sp³-hybridized carbons (Fsp3) is 0.543. The van der Waals surface area contributed by atoms with Gasteiger partial charge in [0.1, 0.15) is 23.1 Å². The lowest BCUT2D eigenvalue weighted by molar-refractivity contribution is -0.163. The van der Waals surface area contributed by atoms with Crippen molar-refractivity contribution in [2.75, 3.05) is 33.7 Å². The third-order valence-electron chi connectivity index (χ3n) is 9.83. The van der Waals surface area contributed by atoms with Crippen molar-refractivity contribution in [2.24, 2.45) is 0 Å². The van der Waals surface area contributed by atoms with Crippen LogP contribution in [0.5, 0.6) is 11.5 Å². The van der Waals surface area contributed by atoms with Crippen LogP contribution in [-0.4, -0.2) is 89.4 Å². The van der Waals surface area contributed by atoms with Gasteiger partial charge in [-0.2, -0.15) is 0 Å². The smallest absolute Gasteiger partial charge is 0.251 e. The second-order valence-electron chi connectivity index (χ2n) is 12.9. The molecule has 0 radical (unpaired) electrons. The first-order valence-corrected chi connectivity index (χ1v) is 16.5. The number of nitrogens with one attached hydrogen (secondary N) is 3. The van der Waals surface area contributed by atoms with Crippen LogP contribution in [0.2, 0.25) is 0 Å². The molecular weight excluding hydrogens is 622 g/mol. The predicted molar refractivity (Wildman–Crippen MR) is 180 cm³/mol. The van der Waals surface area contributed by atoms with Crippen LogP contribution >= 0.6 is 12.4 Å². The van der Waals surface area contributed by atoms with Gasteiger partial charge < -0.3 is 30.7 Å². The number of piperidine rings is 1. The number of amides is 4. The third-order valence-corrected chi connectivity index (χ3v) is 9.83. The standard InChI is InChI=1S/C35H47N5O6.ClH/c1-36-30(41)7-6-20-40-32(43)29(23-34(45)16-4-3-5-17-34)38-33(44)35(40)18-21-39(22-19-35)24-25-8-12-27(13-9-25)46-28-14-10-26(11-15-28)31(42)37-2;/h8-15,29,45H,3-7,16-24H2,1-2H3,(H,36,41)(H,37,42)(H,38,44);1H/t29-;/m1./s1. The highest BCUT2D eigenvalue weighted by Gasteiger charge is 2.54. The number of carbonyl (C=O) groups excluding carboxylic acids is 4. The molecule has 1 atom stereocenters. The Balaban J connectivity index is 0.00000500. The monoisotopic (exact) mass is 669 g/mol. The molecule has 1 aliphatic carbocycles. The van der Waals surface area contributed by atoms with Gasteiger partial charge in [0.2, 0.25) is 17.7 Å². The van der Waals surface area contributed by atoms with Crippen molar-refractivity contribution in [3.05, 3.63) is 59.7 Å². The summed E-state index contributed by atoms with van der Waals surface area (Å²) in [6, 6.07) is 14.1. The second kappa shape index (κ2) is 16.0. The normalized spacial score (nSPS) is 20.6. The van der Waals surface area contributed by atoms with Crippen LogP contribution in [0.1, 0.15) is 80.1 Å². The van der Waals surface area contributed by atoms with Gasteiger partial charge in [-0.25, -0.2) is 0 Å². The van der Waals surface area contributed by atoms with Crippen LogP contribution in [0.15, 0.2) is 48.5 Å². The number of halogens is 1. The molecule has 11 nitrogen and oxygen atoms in total. The fourth-order valence-corrected chi connectivity index (χ4v) is 7.11. The van der Waals surface area contributed by atoms with Crippen molar-refractivity contribution < 1.29 is 29.0 Å². The van der Waals surface area contributed by atoms with E-state index in [0.29, 0.717) is 75.3 Å². The zero-order valence-corrected chi connectivity index (χ0v) is 28.2. The molecule has 2 aromatic rings. The number of benzene rings is 2. The third kappa shape index (κ3) is 8.63. The topological polar surface area (TPSA) is 140 Å². The number of likely N-dealkylation sites (tertiary alicyclic amines) is 1. The highest BCUT2D eigenvalue weighted by Crippen LogP contribution is 2.38. The van der Waals surface area contributed by atoms with Gasteiger partial charge in [0.05, 0.1) is 5.60 Å². The number of ether oxygens (including phenoxy) is 1. The van der Waals surface area contributed by atoms with Gasteiger partial charge in [-0.1, -0.05) is 31.4 Å². The van der Waals surface area contributed by atoms with Crippen LogP contribution in [0.25, 0.3) is 0 Å². The van der Waals surface area contributed by atoms with E-state index in [1.54, 1.807) is 43.3 Å². The first-order valence-electron chi connectivity index (χ1n) is 16.5. The molecule has 0 bridgehead atoms. The van der Waals surface area contributed by atoms with E-state index in [4.69, 9.17) is 4.74 Å². The summed E-state index contributed by atoms with van der Waals surface area (Å²) in [4.78, 5) is 55.5. The highest BCUT2D eigenvalue weighted by molar-refractivity contribution is 6.00. The summed E-state index contributed by atoms with van der Waals surface area (Å²) in [5.41, 5.74) is -0.238. The zero-order chi connectivity index (χ0) is 32.7. The maximum Gasteiger partial charge on any atom is 0.251 e. The Morgan fingerprint density at radius 1 is 0.915 bits per heavy atom. The lowest BCUT2D eigenvalue weighted by Crippen LogP contribution is -2.73. The number of nitrogens with zero attached hydrogens (tertiary/aromatic N) is 2. The van der Waals surface area contributed by atoms with Crippen LogP contribution in [0, 0.1) is 0 Å². The molecule has 12 heteroatoms. The summed E-state index contributed by atoms with van der Waals surface area (Å²) in [5, 5.41) is 19.4. The number of piperazine rings is 1. The second-order valence-corrected chi connectivity index (χ2v) is 12.9. The molecule has 2 aromatic carbocycles. The Hall–Kier alpha value is -3.67. The Kier molecular flexibility index (Phi) is 12.3. The molecule has 1 spiro atoms. The van der Waals surface area contributed by atoms with E-state index in [2.05, 4.69) is 20.9 Å². The lowest BCUT2D eigenvalue weighted by Gasteiger charge is -2.52. The molecule has 4 amide bonds. The number of hydrogen-bond donors (Lipinski definition) is 4. The minimum atomic E-state index is -0.965. The van der Waals surface area contributed by atoms with E-state index in [9.17, 15) is 24.3 Å². The number of hydrogen-bond acceptors (Lipinski definition) is 7. The van der Waals surface area contributed by atoms with Crippen LogP contribution < -0.4 is 20.7 Å². The average Bonchev–Trinajstić information content (AvgIpc) is 3.07. The number of carbonyl (C=O) groups is 4. The van der Waals surface area contributed by atoms with Crippen molar-refractivity contribution in [2.45, 2.75) is 87.9 Å². The molecule has 5 rings (SSSR count). The molecule has 3 aliphatic rings. The molecule has 1 saturated carbocycles. The average molecular weight is 670 g/mol. The minimum absolute atomic E-state index is 0. The van der Waals surface area contributed by atoms with Gasteiger partial charge in [-0.15, -0.1) is 12.4 Å². The summed E-state index contributed by atoms with van der Waals surface area (Å²) in [6.45, 7) is 2.29. The lowest BCUT2D eigenvalue weighted by atomic mass is 9.77. The van der Waals surface area contributed by atoms with E-state index < -0.39 is 17.2 Å². The summed E-state index contributed by atoms with van der Waals surface area (Å²) in [7, 11) is 3.19. The maximum atomic E-state index is 14.0. The zero-order valence-electron chi connectivity index (χ0n) is 27.4. The first kappa shape index (κ1) is 36.2. The van der Waals surface area contributed by atoms with E-state index >= 15 is 0 Å². The van der Waals surface area contributed by atoms with Gasteiger partial charge in [-0.3, -0.25) is 24.1 Å². The summed E-state index contributed by atoms with van der Waals surface area (Å²) < 4.78 is 5.95. The summed E-state index contributed by atoms with van der Waals surface area (Å²) >= 11 is 0. The molecule has 2 heterocycles. The van der Waals surface area contributed by atoms with Crippen molar-refractivity contribution in [3.8, 4) is 11.5 Å². The van der Waals surface area contributed by atoms with Gasteiger partial charge >= 0.3 is 0 Å². The highest BCUT2D eigenvalue weighted by atomic mass is 35.5. The SMILES string of the molecule is CNC(=O)CCCN1C(=O)[C@@H](CC2(O)CCCCC2)NC(=O)C12CCN(Cc1ccc(Oc3ccc(C(=O)NC)cc3)cc1)CC2.Cl. The molecule has 256 valence electrons. The first-order chi connectivity index (χ1) is 22.1. The van der Waals surface area contributed by atoms with Crippen molar-refractivity contribution in [1.82, 2.24) is 25.8 Å². The van der Waals surface area contributed by atoms with Gasteiger partial charge in [0, 0.05) is 58.7 Å². The molecule has 0 aromatic heterocycles. The Morgan fingerprint density at radius 3 is 2.13 bits per heavy atom. The molecular formula is C35H48ClN5O6. The summed E-state index contributed by atoms with van der Waals surface area (Å²) in [5.74, 6) is 0.774. The van der Waals surface area contributed by atoms with Crippen molar-refractivity contribution in [1.29, 1.82) is 0 Å².